The van der Waals surface area contributed by atoms with E-state index in [1.807, 2.05) is 12.1 Å². The topological polar surface area (TPSA) is 47.6 Å². The van der Waals surface area contributed by atoms with E-state index in [1.54, 1.807) is 20.3 Å². The molecule has 132 valence electrons. The van der Waals surface area contributed by atoms with E-state index in [9.17, 15) is 4.79 Å². The van der Waals surface area contributed by atoms with Gasteiger partial charge in [0.15, 0.2) is 11.5 Å². The molecule has 4 heteroatoms. The van der Waals surface area contributed by atoms with E-state index >= 15 is 0 Å². The number of hydrogen-bond donors (Lipinski definition) is 1. The second-order valence-electron chi connectivity index (χ2n) is 6.68. The van der Waals surface area contributed by atoms with Gasteiger partial charge in [-0.1, -0.05) is 42.7 Å². The van der Waals surface area contributed by atoms with E-state index in [0.717, 1.165) is 36.9 Å². The molecule has 4 nitrogen and oxygen atoms in total. The van der Waals surface area contributed by atoms with Crippen LogP contribution in [0.25, 0.3) is 0 Å². The quantitative estimate of drug-likeness (QED) is 0.875. The maximum Gasteiger partial charge on any atom is 0.235 e. The fourth-order valence-electron chi connectivity index (χ4n) is 3.66. The monoisotopic (exact) mass is 339 g/mol. The second-order valence-corrected chi connectivity index (χ2v) is 6.68. The van der Waals surface area contributed by atoms with Crippen molar-refractivity contribution in [1.29, 1.82) is 0 Å². The predicted molar refractivity (Wildman–Crippen MR) is 99.5 cm³/mol. The number of amides is 1. The van der Waals surface area contributed by atoms with Gasteiger partial charge in [0, 0.05) is 11.8 Å². The first kappa shape index (κ1) is 17.3. The van der Waals surface area contributed by atoms with Gasteiger partial charge in [0.1, 0.15) is 0 Å². The minimum atomic E-state index is -0.444. The Labute approximate surface area is 149 Å². The average molecular weight is 339 g/mol. The lowest BCUT2D eigenvalue weighted by molar-refractivity contribution is -0.121. The molecule has 2 aromatic carbocycles. The van der Waals surface area contributed by atoms with Gasteiger partial charge in [0.25, 0.3) is 0 Å². The molecular formula is C21H25NO3. The fraction of sp³-hybridized carbons (Fsp3) is 0.381. The smallest absolute Gasteiger partial charge is 0.235 e. The van der Waals surface area contributed by atoms with Gasteiger partial charge in [0.2, 0.25) is 5.91 Å². The van der Waals surface area contributed by atoms with E-state index < -0.39 is 5.41 Å². The highest BCUT2D eigenvalue weighted by Crippen LogP contribution is 2.42. The van der Waals surface area contributed by atoms with Crippen LogP contribution in [0.5, 0.6) is 11.5 Å². The molecular weight excluding hydrogens is 314 g/mol. The molecule has 0 spiro atoms. The van der Waals surface area contributed by atoms with Crippen molar-refractivity contribution in [3.8, 4) is 11.5 Å². The number of anilines is 1. The largest absolute Gasteiger partial charge is 0.493 e. The molecule has 0 saturated heterocycles. The summed E-state index contributed by atoms with van der Waals surface area (Å²) >= 11 is 0. The highest BCUT2D eigenvalue weighted by molar-refractivity contribution is 5.99. The summed E-state index contributed by atoms with van der Waals surface area (Å²) in [5, 5.41) is 3.09. The summed E-state index contributed by atoms with van der Waals surface area (Å²) in [7, 11) is 3.19. The number of ether oxygens (including phenoxy) is 2. The summed E-state index contributed by atoms with van der Waals surface area (Å²) in [5.41, 5.74) is 2.59. The van der Waals surface area contributed by atoms with Crippen molar-refractivity contribution in [2.45, 2.75) is 38.0 Å². The van der Waals surface area contributed by atoms with Crippen LogP contribution in [0.4, 0.5) is 5.69 Å². The van der Waals surface area contributed by atoms with Crippen LogP contribution in [-0.4, -0.2) is 20.1 Å². The Hall–Kier alpha value is -2.49. The molecule has 0 bridgehead atoms. The van der Waals surface area contributed by atoms with E-state index in [0.29, 0.717) is 11.5 Å². The molecule has 0 aliphatic heterocycles. The van der Waals surface area contributed by atoms with Gasteiger partial charge in [-0.2, -0.15) is 0 Å². The molecule has 1 fully saturated rings. The van der Waals surface area contributed by atoms with Gasteiger partial charge >= 0.3 is 0 Å². The molecule has 1 aliphatic carbocycles. The van der Waals surface area contributed by atoms with Crippen LogP contribution in [0, 0.1) is 6.92 Å². The van der Waals surface area contributed by atoms with E-state index in [2.05, 4.69) is 36.5 Å². The highest BCUT2D eigenvalue weighted by Gasteiger charge is 2.42. The van der Waals surface area contributed by atoms with Gasteiger partial charge in [-0.3, -0.25) is 4.79 Å². The van der Waals surface area contributed by atoms with Crippen molar-refractivity contribution in [2.24, 2.45) is 0 Å². The first-order valence-corrected chi connectivity index (χ1v) is 8.70. The Bertz CT molecular complexity index is 746. The molecule has 0 atom stereocenters. The third-order valence-corrected chi connectivity index (χ3v) is 5.14. The van der Waals surface area contributed by atoms with Crippen LogP contribution in [0.2, 0.25) is 0 Å². The third kappa shape index (κ3) is 3.34. The summed E-state index contributed by atoms with van der Waals surface area (Å²) in [6, 6.07) is 13.8. The molecule has 1 saturated carbocycles. The normalized spacial score (nSPS) is 15.6. The van der Waals surface area contributed by atoms with Crippen molar-refractivity contribution in [2.75, 3.05) is 19.5 Å². The Kier molecular flexibility index (Phi) is 4.98. The van der Waals surface area contributed by atoms with Gasteiger partial charge in [-0.25, -0.2) is 0 Å². The summed E-state index contributed by atoms with van der Waals surface area (Å²) < 4.78 is 10.6. The minimum Gasteiger partial charge on any atom is -0.493 e. The Morgan fingerprint density at radius 1 is 0.960 bits per heavy atom. The summed E-state index contributed by atoms with van der Waals surface area (Å²) in [5.74, 6) is 1.31. The Balaban J connectivity index is 1.88. The van der Waals surface area contributed by atoms with Crippen molar-refractivity contribution < 1.29 is 14.3 Å². The van der Waals surface area contributed by atoms with Crippen molar-refractivity contribution in [1.82, 2.24) is 0 Å². The molecule has 1 N–H and O–H groups in total. The third-order valence-electron chi connectivity index (χ3n) is 5.14. The number of carbonyl (C=O) groups excluding carboxylic acids is 1. The number of benzene rings is 2. The number of hydrogen-bond acceptors (Lipinski definition) is 3. The zero-order valence-electron chi connectivity index (χ0n) is 15.1. The van der Waals surface area contributed by atoms with Gasteiger partial charge in [0.05, 0.1) is 19.6 Å². The van der Waals surface area contributed by atoms with E-state index in [-0.39, 0.29) is 5.91 Å². The van der Waals surface area contributed by atoms with Crippen LogP contribution in [-0.2, 0) is 10.2 Å². The molecule has 0 aromatic heterocycles. The maximum absolute atomic E-state index is 13.2. The molecule has 0 radical (unpaired) electrons. The van der Waals surface area contributed by atoms with Gasteiger partial charge in [-0.05, 0) is 37.5 Å². The molecule has 1 amide bonds. The zero-order valence-corrected chi connectivity index (χ0v) is 15.1. The number of methoxy groups -OCH3 is 2. The second kappa shape index (κ2) is 7.18. The number of carbonyl (C=O) groups is 1. The lowest BCUT2D eigenvalue weighted by Crippen LogP contribution is -2.38. The summed E-state index contributed by atoms with van der Waals surface area (Å²) in [4.78, 5) is 13.2. The number of aryl methyl sites for hydroxylation is 1. The average Bonchev–Trinajstić information content (AvgIpc) is 3.13. The molecule has 25 heavy (non-hydrogen) atoms. The van der Waals surface area contributed by atoms with Crippen LogP contribution in [0.1, 0.15) is 36.8 Å². The molecule has 0 unspecified atom stereocenters. The minimum absolute atomic E-state index is 0.0565. The molecule has 3 rings (SSSR count). The zero-order chi connectivity index (χ0) is 17.9. The summed E-state index contributed by atoms with van der Waals surface area (Å²) in [6.45, 7) is 2.06. The van der Waals surface area contributed by atoms with E-state index in [4.69, 9.17) is 9.47 Å². The lowest BCUT2D eigenvalue weighted by atomic mass is 9.77. The van der Waals surface area contributed by atoms with Crippen LogP contribution >= 0.6 is 0 Å². The number of rotatable bonds is 5. The van der Waals surface area contributed by atoms with Crippen molar-refractivity contribution >= 4 is 11.6 Å². The maximum atomic E-state index is 13.2. The fourth-order valence-corrected chi connectivity index (χ4v) is 3.66. The number of nitrogens with one attached hydrogen (secondary N) is 1. The first-order valence-electron chi connectivity index (χ1n) is 8.70. The van der Waals surface area contributed by atoms with Crippen LogP contribution in [0.15, 0.2) is 42.5 Å². The highest BCUT2D eigenvalue weighted by atomic mass is 16.5. The van der Waals surface area contributed by atoms with Gasteiger partial charge in [-0.15, -0.1) is 0 Å². The SMILES string of the molecule is COc1ccc(NC(=O)C2(c3ccc(C)cc3)CCCC2)cc1OC. The molecule has 0 heterocycles. The Morgan fingerprint density at radius 2 is 1.60 bits per heavy atom. The standard InChI is InChI=1S/C21H25NO3/c1-15-6-8-16(9-7-15)21(12-4-5-13-21)20(23)22-17-10-11-18(24-2)19(14-17)25-3/h6-11,14H,4-5,12-13H2,1-3H3,(H,22,23). The van der Waals surface area contributed by atoms with E-state index in [1.165, 1.54) is 5.56 Å². The molecule has 1 aliphatic rings. The van der Waals surface area contributed by atoms with Crippen LogP contribution < -0.4 is 14.8 Å². The summed E-state index contributed by atoms with van der Waals surface area (Å²) in [6.07, 6.45) is 3.92. The molecule has 2 aromatic rings. The lowest BCUT2D eigenvalue weighted by Gasteiger charge is -2.28. The first-order chi connectivity index (χ1) is 12.1. The van der Waals surface area contributed by atoms with Crippen molar-refractivity contribution in [3.05, 3.63) is 53.6 Å². The van der Waals surface area contributed by atoms with Crippen LogP contribution in [0.3, 0.4) is 0 Å². The van der Waals surface area contributed by atoms with Gasteiger partial charge < -0.3 is 14.8 Å². The Morgan fingerprint density at radius 3 is 2.20 bits per heavy atom. The predicted octanol–water partition coefficient (Wildman–Crippen LogP) is 4.46. The van der Waals surface area contributed by atoms with Crippen molar-refractivity contribution in [3.63, 3.8) is 0 Å².